The number of anilines is 1. The third-order valence-corrected chi connectivity index (χ3v) is 5.85. The third kappa shape index (κ3) is 3.29. The zero-order valence-corrected chi connectivity index (χ0v) is 16.4. The Morgan fingerprint density at radius 2 is 1.55 bits per heavy atom. The predicted octanol–water partition coefficient (Wildman–Crippen LogP) is 5.16. The molecule has 0 aromatic heterocycles. The average molecular weight is 386 g/mol. The molecule has 1 fully saturated rings. The Labute approximate surface area is 169 Å². The normalized spacial score (nSPS) is 16.8. The van der Waals surface area contributed by atoms with Gasteiger partial charge < -0.3 is 5.32 Å². The Bertz CT molecular complexity index is 1060. The molecule has 0 saturated heterocycles. The lowest BCUT2D eigenvalue weighted by Gasteiger charge is -2.23. The second kappa shape index (κ2) is 7.17. The van der Waals surface area contributed by atoms with Gasteiger partial charge in [-0.25, -0.2) is 0 Å². The number of non-ortho nitro benzene ring substituents is 1. The molecule has 5 nitrogen and oxygen atoms in total. The number of carbonyl (C=O) groups excluding carboxylic acids is 1. The Morgan fingerprint density at radius 3 is 2.10 bits per heavy atom. The summed E-state index contributed by atoms with van der Waals surface area (Å²) in [6.07, 6.45) is 0.712. The molecule has 1 N–H and O–H groups in total. The SMILES string of the molecule is Cc1ccccc1C1(c2ccccc2C)C[C@@H]1C(=O)Nc1cccc([N+](=O)[O-])c1. The first kappa shape index (κ1) is 18.9. The van der Waals surface area contributed by atoms with E-state index in [1.807, 2.05) is 24.3 Å². The molecule has 0 spiro atoms. The highest BCUT2D eigenvalue weighted by Gasteiger charge is 2.61. The zero-order chi connectivity index (χ0) is 20.6. The van der Waals surface area contributed by atoms with E-state index in [1.165, 1.54) is 12.1 Å². The van der Waals surface area contributed by atoms with Gasteiger partial charge in [0.05, 0.1) is 10.8 Å². The summed E-state index contributed by atoms with van der Waals surface area (Å²) in [4.78, 5) is 23.7. The zero-order valence-electron chi connectivity index (χ0n) is 16.4. The van der Waals surface area contributed by atoms with Gasteiger partial charge in [-0.05, 0) is 48.6 Å². The highest BCUT2D eigenvalue weighted by molar-refractivity contribution is 5.97. The summed E-state index contributed by atoms with van der Waals surface area (Å²) in [5, 5.41) is 13.9. The molecule has 29 heavy (non-hydrogen) atoms. The Morgan fingerprint density at radius 1 is 0.966 bits per heavy atom. The first-order chi connectivity index (χ1) is 13.9. The lowest BCUT2D eigenvalue weighted by molar-refractivity contribution is -0.384. The summed E-state index contributed by atoms with van der Waals surface area (Å²) in [5.74, 6) is -0.346. The predicted molar refractivity (Wildman–Crippen MR) is 113 cm³/mol. The van der Waals surface area contributed by atoms with Gasteiger partial charge in [0.2, 0.25) is 5.91 Å². The van der Waals surface area contributed by atoms with Crippen LogP contribution >= 0.6 is 0 Å². The maximum atomic E-state index is 13.2. The van der Waals surface area contributed by atoms with Crippen molar-refractivity contribution in [2.45, 2.75) is 25.7 Å². The van der Waals surface area contributed by atoms with Crippen LogP contribution in [0.3, 0.4) is 0 Å². The second-order valence-electron chi connectivity index (χ2n) is 7.65. The van der Waals surface area contributed by atoms with E-state index in [4.69, 9.17) is 0 Å². The number of amides is 1. The van der Waals surface area contributed by atoms with Crippen LogP contribution in [0.4, 0.5) is 11.4 Å². The van der Waals surface area contributed by atoms with Crippen molar-refractivity contribution >= 4 is 17.3 Å². The van der Waals surface area contributed by atoms with Gasteiger partial charge in [-0.15, -0.1) is 0 Å². The van der Waals surface area contributed by atoms with Crippen LogP contribution in [0.5, 0.6) is 0 Å². The number of aryl methyl sites for hydroxylation is 2. The van der Waals surface area contributed by atoms with Crippen molar-refractivity contribution < 1.29 is 9.72 Å². The summed E-state index contributed by atoms with van der Waals surface area (Å²) in [7, 11) is 0. The number of hydrogen-bond acceptors (Lipinski definition) is 3. The number of nitrogens with zero attached hydrogens (tertiary/aromatic N) is 1. The molecule has 1 aliphatic carbocycles. The van der Waals surface area contributed by atoms with Crippen LogP contribution in [0.15, 0.2) is 72.8 Å². The van der Waals surface area contributed by atoms with Gasteiger partial charge in [-0.3, -0.25) is 14.9 Å². The summed E-state index contributed by atoms with van der Waals surface area (Å²) >= 11 is 0. The van der Waals surface area contributed by atoms with Gasteiger partial charge in [0.25, 0.3) is 5.69 Å². The molecular formula is C24H22N2O3. The minimum absolute atomic E-state index is 0.0392. The fourth-order valence-corrected chi connectivity index (χ4v) is 4.39. The molecule has 1 aliphatic rings. The molecule has 3 aromatic rings. The molecule has 0 aliphatic heterocycles. The number of hydrogen-bond donors (Lipinski definition) is 1. The molecule has 0 heterocycles. The maximum absolute atomic E-state index is 13.2. The minimum Gasteiger partial charge on any atom is -0.326 e. The van der Waals surface area contributed by atoms with E-state index in [2.05, 4.69) is 43.4 Å². The Balaban J connectivity index is 1.70. The summed E-state index contributed by atoms with van der Waals surface area (Å²) in [6.45, 7) is 4.15. The molecule has 1 amide bonds. The van der Waals surface area contributed by atoms with Crippen LogP contribution in [0.25, 0.3) is 0 Å². The van der Waals surface area contributed by atoms with Gasteiger partial charge in [-0.1, -0.05) is 54.6 Å². The van der Waals surface area contributed by atoms with Crippen molar-refractivity contribution in [1.29, 1.82) is 0 Å². The van der Waals surface area contributed by atoms with E-state index >= 15 is 0 Å². The lowest BCUT2D eigenvalue weighted by atomic mass is 9.81. The van der Waals surface area contributed by atoms with Crippen LogP contribution < -0.4 is 5.32 Å². The summed E-state index contributed by atoms with van der Waals surface area (Å²) in [6, 6.07) is 22.4. The molecule has 0 unspecified atom stereocenters. The standard InChI is InChI=1S/C24H22N2O3/c1-16-8-3-5-12-20(16)24(21-13-6-4-9-17(21)2)15-22(24)23(27)25-18-10-7-11-19(14-18)26(28)29/h3-14,22H,15H2,1-2H3,(H,25,27)/t22-/m1/s1. The van der Waals surface area contributed by atoms with Gasteiger partial charge in [0.1, 0.15) is 0 Å². The van der Waals surface area contributed by atoms with E-state index in [0.29, 0.717) is 12.1 Å². The monoisotopic (exact) mass is 386 g/mol. The van der Waals surface area contributed by atoms with Crippen molar-refractivity contribution in [3.63, 3.8) is 0 Å². The molecule has 0 bridgehead atoms. The van der Waals surface area contributed by atoms with Gasteiger partial charge in [0.15, 0.2) is 0 Å². The van der Waals surface area contributed by atoms with E-state index in [-0.39, 0.29) is 22.9 Å². The summed E-state index contributed by atoms with van der Waals surface area (Å²) < 4.78 is 0. The fraction of sp³-hybridized carbons (Fsp3) is 0.208. The van der Waals surface area contributed by atoms with Crippen LogP contribution in [0, 0.1) is 29.9 Å². The second-order valence-corrected chi connectivity index (χ2v) is 7.65. The third-order valence-electron chi connectivity index (χ3n) is 5.85. The van der Waals surface area contributed by atoms with Gasteiger partial charge >= 0.3 is 0 Å². The van der Waals surface area contributed by atoms with Gasteiger partial charge in [0, 0.05) is 23.2 Å². The topological polar surface area (TPSA) is 72.2 Å². The molecular weight excluding hydrogens is 364 g/mol. The number of carbonyl (C=O) groups is 1. The van der Waals surface area contributed by atoms with Gasteiger partial charge in [-0.2, -0.15) is 0 Å². The maximum Gasteiger partial charge on any atom is 0.271 e. The van der Waals surface area contributed by atoms with Crippen molar-refractivity contribution in [2.24, 2.45) is 5.92 Å². The van der Waals surface area contributed by atoms with Crippen molar-refractivity contribution in [3.05, 3.63) is 105 Å². The van der Waals surface area contributed by atoms with Crippen LogP contribution in [0.2, 0.25) is 0 Å². The quantitative estimate of drug-likeness (QED) is 0.486. The van der Waals surface area contributed by atoms with Crippen molar-refractivity contribution in [3.8, 4) is 0 Å². The number of nitro groups is 1. The highest BCUT2D eigenvalue weighted by Crippen LogP contribution is 2.60. The van der Waals surface area contributed by atoms with Crippen LogP contribution in [-0.4, -0.2) is 10.8 Å². The number of benzene rings is 3. The van der Waals surface area contributed by atoms with E-state index in [9.17, 15) is 14.9 Å². The minimum atomic E-state index is -0.461. The number of nitrogens with one attached hydrogen (secondary N) is 1. The molecule has 1 atom stereocenters. The molecule has 3 aromatic carbocycles. The Hall–Kier alpha value is -3.47. The highest BCUT2D eigenvalue weighted by atomic mass is 16.6. The van der Waals surface area contributed by atoms with Crippen LogP contribution in [-0.2, 0) is 10.2 Å². The van der Waals surface area contributed by atoms with E-state index in [0.717, 1.165) is 22.3 Å². The molecule has 0 radical (unpaired) electrons. The Kier molecular flexibility index (Phi) is 4.66. The average Bonchev–Trinajstić information content (AvgIpc) is 3.45. The molecule has 146 valence electrons. The van der Waals surface area contributed by atoms with Crippen molar-refractivity contribution in [2.75, 3.05) is 5.32 Å². The molecule has 5 heteroatoms. The molecule has 1 saturated carbocycles. The fourth-order valence-electron chi connectivity index (χ4n) is 4.39. The number of rotatable bonds is 5. The first-order valence-electron chi connectivity index (χ1n) is 9.61. The van der Waals surface area contributed by atoms with Crippen molar-refractivity contribution in [1.82, 2.24) is 0 Å². The first-order valence-corrected chi connectivity index (χ1v) is 9.61. The summed E-state index contributed by atoms with van der Waals surface area (Å²) in [5.41, 5.74) is 4.66. The number of nitro benzene ring substituents is 1. The largest absolute Gasteiger partial charge is 0.326 e. The molecule has 4 rings (SSSR count). The van der Waals surface area contributed by atoms with E-state index < -0.39 is 4.92 Å². The van der Waals surface area contributed by atoms with Crippen LogP contribution in [0.1, 0.15) is 28.7 Å². The van der Waals surface area contributed by atoms with E-state index in [1.54, 1.807) is 12.1 Å². The lowest BCUT2D eigenvalue weighted by Crippen LogP contribution is -2.23. The smallest absolute Gasteiger partial charge is 0.271 e.